The summed E-state index contributed by atoms with van der Waals surface area (Å²) in [5, 5.41) is 19.0. The molecule has 0 unspecified atom stereocenters. The minimum atomic E-state index is -4.49. The number of nitrogens with one attached hydrogen (secondary N) is 2. The summed E-state index contributed by atoms with van der Waals surface area (Å²) in [5.74, 6) is 0. The molecule has 0 saturated carbocycles. The third-order valence-corrected chi connectivity index (χ3v) is 2.80. The Bertz CT molecular complexity index is 667. The molecule has 0 amide bonds. The highest BCUT2D eigenvalue weighted by atomic mass is 19.4. The number of rotatable bonds is 4. The van der Waals surface area contributed by atoms with Crippen LogP contribution in [0.3, 0.4) is 0 Å². The monoisotopic (exact) mass is 300 g/mol. The molecule has 0 aliphatic heterocycles. The van der Waals surface area contributed by atoms with Gasteiger partial charge in [0.15, 0.2) is 5.69 Å². The van der Waals surface area contributed by atoms with Crippen molar-refractivity contribution in [1.82, 2.24) is 10.2 Å². The van der Waals surface area contributed by atoms with Gasteiger partial charge < -0.3 is 5.32 Å². The van der Waals surface area contributed by atoms with Crippen LogP contribution in [0.25, 0.3) is 0 Å². The van der Waals surface area contributed by atoms with Crippen molar-refractivity contribution in [3.8, 4) is 0 Å². The topological polar surface area (TPSA) is 83.8 Å². The molecule has 1 heterocycles. The second-order valence-electron chi connectivity index (χ2n) is 4.39. The average Bonchev–Trinajstić information content (AvgIpc) is 2.84. The molecule has 0 bridgehead atoms. The van der Waals surface area contributed by atoms with Gasteiger partial charge >= 0.3 is 6.18 Å². The molecule has 112 valence electrons. The molecule has 2 aromatic rings. The Labute approximate surface area is 117 Å². The Kier molecular flexibility index (Phi) is 3.83. The van der Waals surface area contributed by atoms with Crippen LogP contribution in [0.1, 0.15) is 17.0 Å². The second-order valence-corrected chi connectivity index (χ2v) is 4.39. The van der Waals surface area contributed by atoms with Crippen molar-refractivity contribution in [1.29, 1.82) is 0 Å². The molecule has 1 aromatic heterocycles. The molecule has 0 atom stereocenters. The van der Waals surface area contributed by atoms with Crippen LogP contribution >= 0.6 is 0 Å². The van der Waals surface area contributed by atoms with Crippen LogP contribution in [0, 0.1) is 17.0 Å². The van der Waals surface area contributed by atoms with Crippen molar-refractivity contribution in [2.45, 2.75) is 19.6 Å². The molecule has 2 N–H and O–H groups in total. The van der Waals surface area contributed by atoms with Gasteiger partial charge in [-0.25, -0.2) is 0 Å². The number of anilines is 1. The van der Waals surface area contributed by atoms with Crippen molar-refractivity contribution >= 4 is 11.4 Å². The van der Waals surface area contributed by atoms with E-state index in [0.717, 1.165) is 6.07 Å². The van der Waals surface area contributed by atoms with E-state index < -0.39 is 16.8 Å². The van der Waals surface area contributed by atoms with Gasteiger partial charge in [0.2, 0.25) is 0 Å². The van der Waals surface area contributed by atoms with E-state index in [-0.39, 0.29) is 17.9 Å². The smallest absolute Gasteiger partial charge is 0.379 e. The third kappa shape index (κ3) is 3.50. The van der Waals surface area contributed by atoms with Gasteiger partial charge in [0, 0.05) is 17.3 Å². The highest BCUT2D eigenvalue weighted by Gasteiger charge is 2.33. The lowest BCUT2D eigenvalue weighted by atomic mass is 10.2. The van der Waals surface area contributed by atoms with E-state index in [9.17, 15) is 23.3 Å². The number of halogens is 3. The predicted octanol–water partition coefficient (Wildman–Crippen LogP) is 3.26. The number of nitro benzene ring substituents is 1. The first-order valence-electron chi connectivity index (χ1n) is 5.88. The van der Waals surface area contributed by atoms with Crippen LogP contribution in [-0.4, -0.2) is 15.1 Å². The quantitative estimate of drug-likeness (QED) is 0.670. The molecule has 21 heavy (non-hydrogen) atoms. The second kappa shape index (κ2) is 5.43. The number of aromatic nitrogens is 2. The molecule has 0 spiro atoms. The van der Waals surface area contributed by atoms with Gasteiger partial charge in [0.25, 0.3) is 5.69 Å². The largest absolute Gasteiger partial charge is 0.435 e. The van der Waals surface area contributed by atoms with Crippen molar-refractivity contribution in [2.75, 3.05) is 5.32 Å². The Morgan fingerprint density at radius 2 is 2.10 bits per heavy atom. The average molecular weight is 300 g/mol. The van der Waals surface area contributed by atoms with Crippen LogP contribution in [0.5, 0.6) is 0 Å². The molecule has 0 fully saturated rings. The summed E-state index contributed by atoms with van der Waals surface area (Å²) < 4.78 is 37.1. The number of hydrogen-bond donors (Lipinski definition) is 2. The first-order valence-corrected chi connectivity index (χ1v) is 5.88. The number of aromatic amines is 1. The van der Waals surface area contributed by atoms with Gasteiger partial charge in [-0.3, -0.25) is 15.2 Å². The Morgan fingerprint density at radius 1 is 1.38 bits per heavy atom. The molecule has 0 radical (unpaired) electrons. The van der Waals surface area contributed by atoms with Gasteiger partial charge in [-0.15, -0.1) is 0 Å². The molecular formula is C12H11F3N4O2. The van der Waals surface area contributed by atoms with Gasteiger partial charge in [-0.2, -0.15) is 18.3 Å². The number of H-pyrrole nitrogens is 1. The van der Waals surface area contributed by atoms with E-state index >= 15 is 0 Å². The summed E-state index contributed by atoms with van der Waals surface area (Å²) in [7, 11) is 0. The van der Waals surface area contributed by atoms with E-state index in [1.165, 1.54) is 12.1 Å². The summed E-state index contributed by atoms with van der Waals surface area (Å²) in [6, 6.07) is 5.29. The number of nitro groups is 1. The van der Waals surface area contributed by atoms with Gasteiger partial charge in [-0.05, 0) is 25.1 Å². The number of aryl methyl sites for hydroxylation is 1. The Morgan fingerprint density at radius 3 is 2.62 bits per heavy atom. The first kappa shape index (κ1) is 14.8. The van der Waals surface area contributed by atoms with Crippen LogP contribution in [0.15, 0.2) is 24.3 Å². The van der Waals surface area contributed by atoms with Crippen molar-refractivity contribution in [3.63, 3.8) is 0 Å². The fourth-order valence-corrected chi connectivity index (χ4v) is 1.76. The molecular weight excluding hydrogens is 289 g/mol. The van der Waals surface area contributed by atoms with Crippen LogP contribution in [0.2, 0.25) is 0 Å². The molecule has 2 rings (SSSR count). The van der Waals surface area contributed by atoms with Crippen molar-refractivity contribution in [2.24, 2.45) is 0 Å². The molecule has 0 saturated heterocycles. The first-order chi connectivity index (χ1) is 9.77. The Hall–Kier alpha value is -2.58. The molecule has 1 aromatic carbocycles. The summed E-state index contributed by atoms with van der Waals surface area (Å²) in [5.41, 5.74) is 0.297. The Balaban J connectivity index is 2.05. The third-order valence-electron chi connectivity index (χ3n) is 2.80. The highest BCUT2D eigenvalue weighted by molar-refractivity contribution is 5.53. The van der Waals surface area contributed by atoms with E-state index in [2.05, 4.69) is 15.5 Å². The molecule has 0 aliphatic carbocycles. The number of hydrogen-bond acceptors (Lipinski definition) is 4. The summed E-state index contributed by atoms with van der Waals surface area (Å²) >= 11 is 0. The standard InChI is InChI=1S/C12H11F3N4O2/c1-7-4-8(2-3-10(7)19(20)21)16-6-9-5-11(18-17-9)12(13,14)15/h2-5,16H,6H2,1H3,(H,17,18). The number of benzene rings is 1. The van der Waals surface area contributed by atoms with Crippen LogP contribution < -0.4 is 5.32 Å². The maximum absolute atomic E-state index is 12.4. The lowest BCUT2D eigenvalue weighted by Gasteiger charge is -2.06. The SMILES string of the molecule is Cc1cc(NCc2cc(C(F)(F)F)n[nH]2)ccc1[N+](=O)[O-]. The number of nitrogens with zero attached hydrogens (tertiary/aromatic N) is 2. The normalized spacial score (nSPS) is 11.4. The zero-order valence-electron chi connectivity index (χ0n) is 10.9. The van der Waals surface area contributed by atoms with E-state index in [1.807, 2.05) is 0 Å². The summed E-state index contributed by atoms with van der Waals surface area (Å²) in [6.45, 7) is 1.68. The lowest BCUT2D eigenvalue weighted by molar-refractivity contribution is -0.385. The molecule has 0 aliphatic rings. The van der Waals surface area contributed by atoms with Gasteiger partial charge in [0.05, 0.1) is 17.2 Å². The van der Waals surface area contributed by atoms with E-state index in [1.54, 1.807) is 13.0 Å². The summed E-state index contributed by atoms with van der Waals surface area (Å²) in [6.07, 6.45) is -4.49. The van der Waals surface area contributed by atoms with E-state index in [4.69, 9.17) is 0 Å². The fourth-order valence-electron chi connectivity index (χ4n) is 1.76. The van der Waals surface area contributed by atoms with Gasteiger partial charge in [0.1, 0.15) is 0 Å². The molecule has 9 heteroatoms. The maximum Gasteiger partial charge on any atom is 0.435 e. The zero-order chi connectivity index (χ0) is 15.6. The summed E-state index contributed by atoms with van der Waals surface area (Å²) in [4.78, 5) is 10.2. The fraction of sp³-hybridized carbons (Fsp3) is 0.250. The van der Waals surface area contributed by atoms with Crippen LogP contribution in [-0.2, 0) is 12.7 Å². The zero-order valence-corrected chi connectivity index (χ0v) is 10.9. The van der Waals surface area contributed by atoms with Crippen LogP contribution in [0.4, 0.5) is 24.5 Å². The minimum absolute atomic E-state index is 0.0125. The highest BCUT2D eigenvalue weighted by Crippen LogP contribution is 2.28. The minimum Gasteiger partial charge on any atom is -0.379 e. The van der Waals surface area contributed by atoms with Crippen molar-refractivity contribution in [3.05, 3.63) is 51.3 Å². The van der Waals surface area contributed by atoms with E-state index in [0.29, 0.717) is 11.3 Å². The maximum atomic E-state index is 12.4. The van der Waals surface area contributed by atoms with Gasteiger partial charge in [-0.1, -0.05) is 0 Å². The number of alkyl halides is 3. The molecule has 6 nitrogen and oxygen atoms in total. The lowest BCUT2D eigenvalue weighted by Crippen LogP contribution is -2.04. The predicted molar refractivity (Wildman–Crippen MR) is 68.7 cm³/mol. The van der Waals surface area contributed by atoms with Crippen molar-refractivity contribution < 1.29 is 18.1 Å².